The van der Waals surface area contributed by atoms with Crippen LogP contribution in [0.15, 0.2) is 11.6 Å². The van der Waals surface area contributed by atoms with Crippen LogP contribution >= 0.6 is 0 Å². The van der Waals surface area contributed by atoms with Gasteiger partial charge >= 0.3 is 5.97 Å². The Morgan fingerprint density at radius 3 is 2.59 bits per heavy atom. The van der Waals surface area contributed by atoms with Crippen LogP contribution in [-0.2, 0) is 9.59 Å². The predicted molar refractivity (Wildman–Crippen MR) is 112 cm³/mol. The highest BCUT2D eigenvalue weighted by Crippen LogP contribution is 2.66. The molecule has 8 atom stereocenters. The van der Waals surface area contributed by atoms with E-state index in [-0.39, 0.29) is 30.1 Å². The van der Waals surface area contributed by atoms with Crippen molar-refractivity contribution >= 4 is 11.8 Å². The molecule has 0 saturated heterocycles. The van der Waals surface area contributed by atoms with E-state index in [0.29, 0.717) is 30.1 Å². The smallest absolute Gasteiger partial charge is 0.303 e. The van der Waals surface area contributed by atoms with Crippen molar-refractivity contribution in [2.24, 2.45) is 46.8 Å². The zero-order valence-corrected chi connectivity index (χ0v) is 18.1. The highest BCUT2D eigenvalue weighted by molar-refractivity contribution is 5.91. The van der Waals surface area contributed by atoms with Crippen LogP contribution in [-0.4, -0.2) is 28.6 Å². The molecular weight excluding hydrogens is 364 g/mol. The van der Waals surface area contributed by atoms with E-state index in [1.165, 1.54) is 24.8 Å². The van der Waals surface area contributed by atoms with Crippen molar-refractivity contribution < 1.29 is 19.8 Å². The molecule has 0 bridgehead atoms. The van der Waals surface area contributed by atoms with E-state index in [9.17, 15) is 19.8 Å². The number of rotatable bonds is 7. The molecule has 0 heterocycles. The van der Waals surface area contributed by atoms with Gasteiger partial charge in [-0.15, -0.1) is 0 Å². The minimum atomic E-state index is -0.680. The van der Waals surface area contributed by atoms with Gasteiger partial charge in [-0.2, -0.15) is 0 Å². The molecule has 0 aromatic rings. The monoisotopic (exact) mass is 402 g/mol. The zero-order valence-electron chi connectivity index (χ0n) is 18.1. The molecule has 3 fully saturated rings. The second kappa shape index (κ2) is 8.17. The SMILES string of the molecule is CCC1(CCCC(=O)O)CCC2C3CCC(=O)C=C3C(CO)CC2C1C1CC1C. The molecule has 4 aliphatic carbocycles. The Labute approximate surface area is 175 Å². The molecule has 0 radical (unpaired) electrons. The summed E-state index contributed by atoms with van der Waals surface area (Å²) in [6.45, 7) is 4.85. The van der Waals surface area contributed by atoms with Crippen LogP contribution in [0.4, 0.5) is 0 Å². The van der Waals surface area contributed by atoms with Crippen LogP contribution in [0.1, 0.15) is 78.1 Å². The molecule has 0 spiro atoms. The van der Waals surface area contributed by atoms with Crippen LogP contribution in [0.3, 0.4) is 0 Å². The number of ketones is 1. The van der Waals surface area contributed by atoms with Crippen molar-refractivity contribution in [1.82, 2.24) is 0 Å². The van der Waals surface area contributed by atoms with E-state index in [0.717, 1.165) is 43.9 Å². The summed E-state index contributed by atoms with van der Waals surface area (Å²) in [5.74, 6) is 3.66. The van der Waals surface area contributed by atoms with Crippen LogP contribution in [0, 0.1) is 46.8 Å². The molecule has 8 unspecified atom stereocenters. The zero-order chi connectivity index (χ0) is 20.8. The Morgan fingerprint density at radius 1 is 1.21 bits per heavy atom. The first-order chi connectivity index (χ1) is 13.9. The first kappa shape index (κ1) is 21.1. The fraction of sp³-hybridized carbons (Fsp3) is 0.840. The molecule has 0 aromatic heterocycles. The minimum absolute atomic E-state index is 0.147. The second-order valence-corrected chi connectivity index (χ2v) is 10.6. The fourth-order valence-corrected chi connectivity index (χ4v) is 7.83. The standard InChI is InChI=1S/C25H38O4/c1-3-25(9-4-5-23(28)29)10-8-19-18-7-6-17(27)13-21(18)16(14-26)12-22(19)24(25)20-11-15(20)2/h13,15-16,18-20,22,24,26H,3-12,14H2,1-2H3,(H,28,29). The number of aliphatic hydroxyl groups is 1. The van der Waals surface area contributed by atoms with Crippen molar-refractivity contribution in [3.05, 3.63) is 11.6 Å². The first-order valence-electron chi connectivity index (χ1n) is 12.0. The lowest BCUT2D eigenvalue weighted by atomic mass is 9.47. The van der Waals surface area contributed by atoms with E-state index in [2.05, 4.69) is 13.8 Å². The van der Waals surface area contributed by atoms with Crippen LogP contribution in [0.5, 0.6) is 0 Å². The van der Waals surface area contributed by atoms with Crippen LogP contribution in [0.2, 0.25) is 0 Å². The second-order valence-electron chi connectivity index (χ2n) is 10.6. The Hall–Kier alpha value is -1.16. The molecule has 3 saturated carbocycles. The van der Waals surface area contributed by atoms with Gasteiger partial charge in [0.05, 0.1) is 0 Å². The van der Waals surface area contributed by atoms with Gasteiger partial charge in [0.15, 0.2) is 5.78 Å². The molecule has 0 aliphatic heterocycles. The largest absolute Gasteiger partial charge is 0.481 e. The maximum atomic E-state index is 12.1. The lowest BCUT2D eigenvalue weighted by molar-refractivity contribution is -0.137. The Morgan fingerprint density at radius 2 is 1.97 bits per heavy atom. The highest BCUT2D eigenvalue weighted by Gasteiger charge is 2.58. The molecule has 4 rings (SSSR count). The Kier molecular flexibility index (Phi) is 5.94. The number of aliphatic hydroxyl groups excluding tert-OH is 1. The average molecular weight is 403 g/mol. The van der Waals surface area contributed by atoms with E-state index >= 15 is 0 Å². The van der Waals surface area contributed by atoms with Gasteiger partial charge in [-0.25, -0.2) is 0 Å². The first-order valence-corrected chi connectivity index (χ1v) is 12.0. The average Bonchev–Trinajstić information content (AvgIpc) is 3.42. The highest BCUT2D eigenvalue weighted by atomic mass is 16.4. The predicted octanol–water partition coefficient (Wildman–Crippen LogP) is 4.85. The number of carbonyl (C=O) groups excluding carboxylic acids is 1. The molecular formula is C25H38O4. The number of carboxylic acids is 1. The van der Waals surface area contributed by atoms with E-state index in [1.807, 2.05) is 6.08 Å². The lowest BCUT2D eigenvalue weighted by Crippen LogP contribution is -2.51. The topological polar surface area (TPSA) is 74.6 Å². The van der Waals surface area contributed by atoms with Crippen molar-refractivity contribution in [3.63, 3.8) is 0 Å². The summed E-state index contributed by atoms with van der Waals surface area (Å²) in [5.41, 5.74) is 1.51. The van der Waals surface area contributed by atoms with E-state index < -0.39 is 5.97 Å². The molecule has 4 nitrogen and oxygen atoms in total. The molecule has 162 valence electrons. The summed E-state index contributed by atoms with van der Waals surface area (Å²) in [4.78, 5) is 23.2. The van der Waals surface area contributed by atoms with Gasteiger partial charge in [0.2, 0.25) is 0 Å². The van der Waals surface area contributed by atoms with Gasteiger partial charge in [0.25, 0.3) is 0 Å². The summed E-state index contributed by atoms with van der Waals surface area (Å²) in [6, 6.07) is 0. The van der Waals surface area contributed by atoms with Crippen LogP contribution in [0.25, 0.3) is 0 Å². The summed E-state index contributed by atoms with van der Waals surface area (Å²) in [7, 11) is 0. The van der Waals surface area contributed by atoms with Crippen molar-refractivity contribution in [2.45, 2.75) is 78.1 Å². The molecule has 4 heteroatoms. The van der Waals surface area contributed by atoms with E-state index in [4.69, 9.17) is 0 Å². The van der Waals surface area contributed by atoms with Crippen molar-refractivity contribution in [2.75, 3.05) is 6.61 Å². The van der Waals surface area contributed by atoms with Gasteiger partial charge in [-0.3, -0.25) is 9.59 Å². The number of fused-ring (bicyclic) bond motifs is 3. The normalized spacial score (nSPS) is 43.9. The van der Waals surface area contributed by atoms with Crippen LogP contribution < -0.4 is 0 Å². The molecule has 2 N–H and O–H groups in total. The third-order valence-electron chi connectivity index (χ3n) is 9.32. The lowest BCUT2D eigenvalue weighted by Gasteiger charge is -2.58. The number of allylic oxidation sites excluding steroid dienone is 1. The maximum Gasteiger partial charge on any atom is 0.303 e. The van der Waals surface area contributed by atoms with Crippen molar-refractivity contribution in [3.8, 4) is 0 Å². The van der Waals surface area contributed by atoms with Gasteiger partial charge in [-0.1, -0.05) is 25.8 Å². The number of hydrogen-bond donors (Lipinski definition) is 2. The summed E-state index contributed by atoms with van der Waals surface area (Å²) < 4.78 is 0. The number of aliphatic carboxylic acids is 1. The molecule has 4 aliphatic rings. The van der Waals surface area contributed by atoms with E-state index in [1.54, 1.807) is 0 Å². The van der Waals surface area contributed by atoms with Gasteiger partial charge in [0.1, 0.15) is 0 Å². The number of carbonyl (C=O) groups is 2. The van der Waals surface area contributed by atoms with Gasteiger partial charge < -0.3 is 10.2 Å². The summed E-state index contributed by atoms with van der Waals surface area (Å²) >= 11 is 0. The number of carboxylic acid groups (broad SMARTS) is 1. The summed E-state index contributed by atoms with van der Waals surface area (Å²) in [5, 5.41) is 19.3. The third-order valence-corrected chi connectivity index (χ3v) is 9.32. The molecule has 0 amide bonds. The van der Waals surface area contributed by atoms with Crippen molar-refractivity contribution in [1.29, 1.82) is 0 Å². The minimum Gasteiger partial charge on any atom is -0.481 e. The van der Waals surface area contributed by atoms with Gasteiger partial charge in [-0.05, 0) is 91.9 Å². The fourth-order valence-electron chi connectivity index (χ4n) is 7.83. The maximum absolute atomic E-state index is 12.1. The Balaban J connectivity index is 1.64. The molecule has 0 aromatic carbocycles. The quantitative estimate of drug-likeness (QED) is 0.638. The molecule has 29 heavy (non-hydrogen) atoms. The third kappa shape index (κ3) is 3.82. The number of hydrogen-bond acceptors (Lipinski definition) is 3. The summed E-state index contributed by atoms with van der Waals surface area (Å²) in [6.07, 6.45) is 11.5. The van der Waals surface area contributed by atoms with Gasteiger partial charge in [0, 0.05) is 25.4 Å². The Bertz CT molecular complexity index is 682.